The van der Waals surface area contributed by atoms with Gasteiger partial charge in [-0.05, 0) is 60.8 Å². The van der Waals surface area contributed by atoms with Gasteiger partial charge < -0.3 is 20.1 Å². The zero-order chi connectivity index (χ0) is 24.6. The maximum atomic E-state index is 13.1. The number of fused-ring (bicyclic) bond motifs is 3. The normalized spacial score (nSPS) is 20.6. The maximum absolute atomic E-state index is 13.1. The summed E-state index contributed by atoms with van der Waals surface area (Å²) in [5, 5.41) is 12.2. The highest BCUT2D eigenvalue weighted by molar-refractivity contribution is 5.81. The van der Waals surface area contributed by atoms with Gasteiger partial charge in [-0.1, -0.05) is 48.5 Å². The molecule has 0 spiro atoms. The summed E-state index contributed by atoms with van der Waals surface area (Å²) in [6.07, 6.45) is 3.01. The highest BCUT2D eigenvalue weighted by Gasteiger charge is 2.46. The zero-order valence-electron chi connectivity index (χ0n) is 20.0. The summed E-state index contributed by atoms with van der Waals surface area (Å²) in [7, 11) is 0. The fraction of sp³-hybridized carbons (Fsp3) is 0.464. The van der Waals surface area contributed by atoms with E-state index in [-0.39, 0.29) is 43.2 Å². The lowest BCUT2D eigenvalue weighted by molar-refractivity contribution is -0.140. The zero-order valence-corrected chi connectivity index (χ0v) is 20.0. The smallest absolute Gasteiger partial charge is 0.407 e. The van der Waals surface area contributed by atoms with Crippen molar-refractivity contribution in [3.8, 4) is 11.1 Å². The van der Waals surface area contributed by atoms with Gasteiger partial charge >= 0.3 is 12.1 Å². The van der Waals surface area contributed by atoms with E-state index in [4.69, 9.17) is 4.74 Å². The minimum atomic E-state index is -0.892. The van der Waals surface area contributed by atoms with Crippen LogP contribution in [0.4, 0.5) is 4.79 Å². The van der Waals surface area contributed by atoms with Gasteiger partial charge in [0.15, 0.2) is 0 Å². The largest absolute Gasteiger partial charge is 0.481 e. The molecule has 2 atom stereocenters. The number of ether oxygens (including phenoxy) is 1. The van der Waals surface area contributed by atoms with E-state index in [1.54, 1.807) is 4.90 Å². The summed E-state index contributed by atoms with van der Waals surface area (Å²) < 4.78 is 5.74. The summed E-state index contributed by atoms with van der Waals surface area (Å²) in [5.41, 5.74) is 3.94. The second-order valence-electron chi connectivity index (χ2n) is 10.3. The quantitative estimate of drug-likeness (QED) is 0.583. The SMILES string of the molecule is CC(CC(=O)N1CCC[C@H]1CC(=O)O)(NC(=O)OCC1c2ccccc2-c2ccccc21)C1CC1. The fourth-order valence-corrected chi connectivity index (χ4v) is 5.87. The molecule has 5 rings (SSSR count). The van der Waals surface area contributed by atoms with Crippen molar-refractivity contribution in [2.75, 3.05) is 13.2 Å². The van der Waals surface area contributed by atoms with Crippen molar-refractivity contribution in [2.45, 2.75) is 62.9 Å². The van der Waals surface area contributed by atoms with Gasteiger partial charge in [0, 0.05) is 18.5 Å². The molecule has 3 aliphatic rings. The van der Waals surface area contributed by atoms with E-state index < -0.39 is 17.6 Å². The standard InChI is InChI=1S/C28H32N2O5/c1-28(18-12-13-18,16-25(31)30-14-6-7-19(30)15-26(32)33)29-27(34)35-17-24-22-10-4-2-8-20(22)21-9-3-5-11-23(21)24/h2-5,8-11,18-19,24H,6-7,12-17H2,1H3,(H,29,34)(H,32,33)/t19-,28?/m0/s1. The van der Waals surface area contributed by atoms with Crippen LogP contribution in [-0.4, -0.2) is 52.7 Å². The van der Waals surface area contributed by atoms with Gasteiger partial charge in [-0.25, -0.2) is 4.79 Å². The van der Waals surface area contributed by atoms with E-state index in [0.29, 0.717) is 13.0 Å². The number of rotatable bonds is 8. The van der Waals surface area contributed by atoms with Crippen molar-refractivity contribution < 1.29 is 24.2 Å². The summed E-state index contributed by atoms with van der Waals surface area (Å²) in [6, 6.07) is 16.1. The predicted molar refractivity (Wildman–Crippen MR) is 131 cm³/mol. The number of carbonyl (C=O) groups excluding carboxylic acids is 2. The molecule has 1 saturated heterocycles. The van der Waals surface area contributed by atoms with Crippen LogP contribution in [0.25, 0.3) is 11.1 Å². The Labute approximate surface area is 205 Å². The third-order valence-corrected chi connectivity index (χ3v) is 7.84. The average Bonchev–Trinajstić information content (AvgIpc) is 3.52. The lowest BCUT2D eigenvalue weighted by atomic mass is 9.91. The first-order chi connectivity index (χ1) is 16.9. The van der Waals surface area contributed by atoms with Crippen LogP contribution in [0.2, 0.25) is 0 Å². The Kier molecular flexibility index (Phi) is 6.26. The highest BCUT2D eigenvalue weighted by atomic mass is 16.5. The molecule has 1 aliphatic heterocycles. The fourth-order valence-electron chi connectivity index (χ4n) is 5.87. The van der Waals surface area contributed by atoms with Crippen molar-refractivity contribution >= 4 is 18.0 Å². The first-order valence-corrected chi connectivity index (χ1v) is 12.5. The van der Waals surface area contributed by atoms with E-state index in [0.717, 1.165) is 30.4 Å². The highest BCUT2D eigenvalue weighted by Crippen LogP contribution is 2.45. The summed E-state index contributed by atoms with van der Waals surface area (Å²) in [6.45, 7) is 2.70. The molecular formula is C28H32N2O5. The van der Waals surface area contributed by atoms with Gasteiger partial charge in [-0.3, -0.25) is 9.59 Å². The molecule has 2 aliphatic carbocycles. The number of hydrogen-bond acceptors (Lipinski definition) is 4. The van der Waals surface area contributed by atoms with E-state index in [2.05, 4.69) is 29.6 Å². The Morgan fingerprint density at radius 1 is 1.03 bits per heavy atom. The Morgan fingerprint density at radius 3 is 2.26 bits per heavy atom. The predicted octanol–water partition coefficient (Wildman–Crippen LogP) is 4.55. The molecule has 2 fully saturated rings. The van der Waals surface area contributed by atoms with Crippen LogP contribution in [-0.2, 0) is 14.3 Å². The lowest BCUT2D eigenvalue weighted by Crippen LogP contribution is -2.52. The van der Waals surface area contributed by atoms with Crippen molar-refractivity contribution in [2.24, 2.45) is 5.92 Å². The van der Waals surface area contributed by atoms with Crippen molar-refractivity contribution in [1.29, 1.82) is 0 Å². The molecule has 1 heterocycles. The molecule has 2 aromatic carbocycles. The van der Waals surface area contributed by atoms with Crippen LogP contribution in [0.5, 0.6) is 0 Å². The van der Waals surface area contributed by atoms with Crippen LogP contribution >= 0.6 is 0 Å². The van der Waals surface area contributed by atoms with Crippen molar-refractivity contribution in [1.82, 2.24) is 10.2 Å². The van der Waals surface area contributed by atoms with Gasteiger partial charge in [-0.2, -0.15) is 0 Å². The van der Waals surface area contributed by atoms with Crippen LogP contribution in [0.3, 0.4) is 0 Å². The van der Waals surface area contributed by atoms with Gasteiger partial charge in [0.1, 0.15) is 6.61 Å². The number of alkyl carbamates (subject to hydrolysis) is 1. The molecule has 1 saturated carbocycles. The molecule has 1 unspecified atom stereocenters. The number of benzene rings is 2. The molecule has 35 heavy (non-hydrogen) atoms. The van der Waals surface area contributed by atoms with Gasteiger partial charge in [0.2, 0.25) is 5.91 Å². The average molecular weight is 477 g/mol. The van der Waals surface area contributed by atoms with Crippen LogP contribution in [0, 0.1) is 5.92 Å². The topological polar surface area (TPSA) is 95.9 Å². The number of likely N-dealkylation sites (tertiary alicyclic amines) is 1. The van der Waals surface area contributed by atoms with Crippen LogP contribution < -0.4 is 5.32 Å². The molecule has 184 valence electrons. The number of hydrogen-bond donors (Lipinski definition) is 2. The van der Waals surface area contributed by atoms with Crippen LogP contribution in [0.15, 0.2) is 48.5 Å². The Balaban J connectivity index is 1.24. The Hall–Kier alpha value is -3.35. The third kappa shape index (κ3) is 4.77. The molecule has 0 aromatic heterocycles. The van der Waals surface area contributed by atoms with Gasteiger partial charge in [0.25, 0.3) is 0 Å². The maximum Gasteiger partial charge on any atom is 0.407 e. The molecule has 2 N–H and O–H groups in total. The molecule has 7 heteroatoms. The minimum absolute atomic E-state index is 0.0247. The van der Waals surface area contributed by atoms with Crippen LogP contribution in [0.1, 0.15) is 62.5 Å². The number of carbonyl (C=O) groups is 3. The summed E-state index contributed by atoms with van der Waals surface area (Å²) >= 11 is 0. The Morgan fingerprint density at radius 2 is 1.66 bits per heavy atom. The van der Waals surface area contributed by atoms with Gasteiger partial charge in [-0.15, -0.1) is 0 Å². The van der Waals surface area contributed by atoms with E-state index in [9.17, 15) is 19.5 Å². The Bertz CT molecular complexity index is 1100. The monoisotopic (exact) mass is 476 g/mol. The minimum Gasteiger partial charge on any atom is -0.481 e. The molecule has 2 aromatic rings. The summed E-state index contributed by atoms with van der Waals surface area (Å²) in [5.74, 6) is -0.797. The van der Waals surface area contributed by atoms with E-state index in [1.807, 2.05) is 31.2 Å². The number of nitrogens with zero attached hydrogens (tertiary/aromatic N) is 1. The van der Waals surface area contributed by atoms with Crippen molar-refractivity contribution in [3.05, 3.63) is 59.7 Å². The number of amides is 2. The van der Waals surface area contributed by atoms with Gasteiger partial charge in [0.05, 0.1) is 18.4 Å². The molecule has 7 nitrogen and oxygen atoms in total. The lowest BCUT2D eigenvalue weighted by Gasteiger charge is -2.33. The molecular weight excluding hydrogens is 444 g/mol. The molecule has 0 bridgehead atoms. The second-order valence-corrected chi connectivity index (χ2v) is 10.3. The number of carboxylic acids is 1. The first kappa shape index (κ1) is 23.4. The number of aliphatic carboxylic acids is 1. The number of nitrogens with one attached hydrogen (secondary N) is 1. The van der Waals surface area contributed by atoms with Crippen molar-refractivity contribution in [3.63, 3.8) is 0 Å². The molecule has 0 radical (unpaired) electrons. The summed E-state index contributed by atoms with van der Waals surface area (Å²) in [4.78, 5) is 39.0. The van der Waals surface area contributed by atoms with E-state index in [1.165, 1.54) is 11.1 Å². The van der Waals surface area contributed by atoms with E-state index >= 15 is 0 Å². The first-order valence-electron chi connectivity index (χ1n) is 12.5. The molecule has 2 amide bonds. The second kappa shape index (κ2) is 9.36. The number of carboxylic acid groups (broad SMARTS) is 1. The third-order valence-electron chi connectivity index (χ3n) is 7.84.